The first-order chi connectivity index (χ1) is 12.6. The number of fused-ring (bicyclic) bond motifs is 4. The van der Waals surface area contributed by atoms with Gasteiger partial charge in [0.15, 0.2) is 0 Å². The maximum absolute atomic E-state index is 12.9. The second kappa shape index (κ2) is 5.46. The number of likely N-dealkylation sites (N-methyl/N-ethyl adjacent to an activating group) is 1. The number of rotatable bonds is 1. The first-order valence-corrected chi connectivity index (χ1v) is 8.85. The fourth-order valence-electron chi connectivity index (χ4n) is 4.39. The van der Waals surface area contributed by atoms with E-state index >= 15 is 0 Å². The zero-order valence-corrected chi connectivity index (χ0v) is 14.5. The van der Waals surface area contributed by atoms with Crippen molar-refractivity contribution >= 4 is 22.7 Å². The number of piperazine rings is 1. The molecular formula is C21H19N3O2. The van der Waals surface area contributed by atoms with Crippen LogP contribution in [-0.2, 0) is 16.0 Å². The molecule has 130 valence electrons. The Morgan fingerprint density at radius 2 is 1.73 bits per heavy atom. The molecule has 2 atom stereocenters. The average molecular weight is 345 g/mol. The highest BCUT2D eigenvalue weighted by molar-refractivity contribution is 5.97. The Balaban J connectivity index is 1.77. The summed E-state index contributed by atoms with van der Waals surface area (Å²) < 4.78 is 0. The molecule has 2 aliphatic rings. The van der Waals surface area contributed by atoms with E-state index in [9.17, 15) is 9.59 Å². The lowest BCUT2D eigenvalue weighted by Crippen LogP contribution is -2.62. The number of hydrogen-bond donors (Lipinski definition) is 1. The van der Waals surface area contributed by atoms with Crippen molar-refractivity contribution in [3.63, 3.8) is 0 Å². The molecule has 5 heteroatoms. The zero-order valence-electron chi connectivity index (χ0n) is 14.5. The Kier molecular flexibility index (Phi) is 3.19. The summed E-state index contributed by atoms with van der Waals surface area (Å²) in [4.78, 5) is 32.6. The van der Waals surface area contributed by atoms with Crippen LogP contribution < -0.4 is 0 Å². The van der Waals surface area contributed by atoms with Crippen LogP contribution in [0, 0.1) is 0 Å². The van der Waals surface area contributed by atoms with E-state index in [4.69, 9.17) is 0 Å². The molecule has 1 aromatic heterocycles. The molecule has 5 rings (SSSR count). The number of aromatic nitrogens is 1. The second-order valence-electron chi connectivity index (χ2n) is 7.09. The van der Waals surface area contributed by atoms with Crippen LogP contribution >= 0.6 is 0 Å². The molecule has 1 unspecified atom stereocenters. The quantitative estimate of drug-likeness (QED) is 0.737. The van der Waals surface area contributed by atoms with Gasteiger partial charge in [0, 0.05) is 30.1 Å². The Bertz CT molecular complexity index is 1020. The summed E-state index contributed by atoms with van der Waals surface area (Å²) in [5.74, 6) is 0.0109. The van der Waals surface area contributed by atoms with Crippen molar-refractivity contribution in [2.24, 2.45) is 0 Å². The smallest absolute Gasteiger partial charge is 0.245 e. The van der Waals surface area contributed by atoms with Gasteiger partial charge >= 0.3 is 0 Å². The Morgan fingerprint density at radius 3 is 2.54 bits per heavy atom. The number of nitrogens with zero attached hydrogens (tertiary/aromatic N) is 2. The number of hydrogen-bond acceptors (Lipinski definition) is 2. The summed E-state index contributed by atoms with van der Waals surface area (Å²) in [6, 6.07) is 17.4. The molecule has 3 aromatic rings. The van der Waals surface area contributed by atoms with Gasteiger partial charge in [-0.25, -0.2) is 0 Å². The van der Waals surface area contributed by atoms with Crippen molar-refractivity contribution in [1.82, 2.24) is 14.8 Å². The minimum Gasteiger partial charge on any atom is -0.356 e. The number of H-pyrrole nitrogens is 1. The highest BCUT2D eigenvalue weighted by atomic mass is 16.2. The molecule has 2 amide bonds. The van der Waals surface area contributed by atoms with Crippen LogP contribution in [-0.4, -0.2) is 46.2 Å². The van der Waals surface area contributed by atoms with Gasteiger partial charge in [0.2, 0.25) is 11.8 Å². The van der Waals surface area contributed by atoms with E-state index in [0.717, 1.165) is 27.7 Å². The van der Waals surface area contributed by atoms with Crippen molar-refractivity contribution in [2.75, 3.05) is 13.6 Å². The zero-order chi connectivity index (χ0) is 17.8. The monoisotopic (exact) mass is 345 g/mol. The van der Waals surface area contributed by atoms with Gasteiger partial charge in [-0.3, -0.25) is 9.59 Å². The van der Waals surface area contributed by atoms with Gasteiger partial charge in [0.25, 0.3) is 0 Å². The fraction of sp³-hybridized carbons (Fsp3) is 0.238. The van der Waals surface area contributed by atoms with Crippen LogP contribution in [0.3, 0.4) is 0 Å². The maximum Gasteiger partial charge on any atom is 0.245 e. The van der Waals surface area contributed by atoms with Gasteiger partial charge in [0.05, 0.1) is 12.6 Å². The third kappa shape index (κ3) is 2.03. The van der Waals surface area contributed by atoms with Gasteiger partial charge in [-0.15, -0.1) is 0 Å². The number of amides is 2. The van der Waals surface area contributed by atoms with Gasteiger partial charge in [-0.1, -0.05) is 48.5 Å². The molecule has 26 heavy (non-hydrogen) atoms. The molecule has 0 aliphatic carbocycles. The van der Waals surface area contributed by atoms with Crippen molar-refractivity contribution < 1.29 is 9.59 Å². The van der Waals surface area contributed by atoms with Crippen molar-refractivity contribution in [3.8, 4) is 0 Å². The van der Waals surface area contributed by atoms with Crippen LogP contribution in [0.4, 0.5) is 0 Å². The second-order valence-corrected chi connectivity index (χ2v) is 7.09. The predicted octanol–water partition coefficient (Wildman–Crippen LogP) is 2.48. The molecule has 3 heterocycles. The molecule has 0 spiro atoms. The SMILES string of the molecule is CN1CC(=O)N2C(c3ccccc3)c3[nH]c4ccccc4c3C[C@@H]2C1=O. The Hall–Kier alpha value is -3.08. The molecule has 0 bridgehead atoms. The predicted molar refractivity (Wildman–Crippen MR) is 98.6 cm³/mol. The van der Waals surface area contributed by atoms with Crippen LogP contribution in [0.5, 0.6) is 0 Å². The molecule has 2 aromatic carbocycles. The van der Waals surface area contributed by atoms with E-state index in [1.165, 1.54) is 0 Å². The van der Waals surface area contributed by atoms with E-state index in [2.05, 4.69) is 11.1 Å². The number of benzene rings is 2. The topological polar surface area (TPSA) is 56.4 Å². The van der Waals surface area contributed by atoms with Gasteiger partial charge in [-0.05, 0) is 17.2 Å². The summed E-state index contributed by atoms with van der Waals surface area (Å²) in [5.41, 5.74) is 4.24. The van der Waals surface area contributed by atoms with Crippen molar-refractivity contribution in [2.45, 2.75) is 18.5 Å². The fourth-order valence-corrected chi connectivity index (χ4v) is 4.39. The number of aromatic amines is 1. The summed E-state index contributed by atoms with van der Waals surface area (Å²) in [6.45, 7) is 0.133. The summed E-state index contributed by atoms with van der Waals surface area (Å²) in [6.07, 6.45) is 0.553. The Labute approximate surface area is 151 Å². The number of para-hydroxylation sites is 1. The molecule has 1 fully saturated rings. The van der Waals surface area contributed by atoms with E-state index in [1.54, 1.807) is 16.8 Å². The molecule has 1 N–H and O–H groups in total. The van der Waals surface area contributed by atoms with Crippen LogP contribution in [0.1, 0.15) is 22.9 Å². The normalized spacial score (nSPS) is 22.5. The van der Waals surface area contributed by atoms with Gasteiger partial charge in [-0.2, -0.15) is 0 Å². The van der Waals surface area contributed by atoms with E-state index < -0.39 is 6.04 Å². The van der Waals surface area contributed by atoms with Crippen molar-refractivity contribution in [3.05, 3.63) is 71.4 Å². The van der Waals surface area contributed by atoms with E-state index in [0.29, 0.717) is 6.42 Å². The molecule has 5 nitrogen and oxygen atoms in total. The lowest BCUT2D eigenvalue weighted by Gasteiger charge is -2.46. The number of carbonyl (C=O) groups excluding carboxylic acids is 2. The summed E-state index contributed by atoms with van der Waals surface area (Å²) in [5, 5.41) is 1.14. The van der Waals surface area contributed by atoms with Crippen LogP contribution in [0.2, 0.25) is 0 Å². The van der Waals surface area contributed by atoms with Gasteiger partial charge < -0.3 is 14.8 Å². The van der Waals surface area contributed by atoms with E-state index in [1.807, 2.05) is 48.5 Å². The van der Waals surface area contributed by atoms with Gasteiger partial charge in [0.1, 0.15) is 6.04 Å². The molecule has 0 saturated carbocycles. The number of nitrogens with one attached hydrogen (secondary N) is 1. The maximum atomic E-state index is 12.9. The first kappa shape index (κ1) is 15.2. The average Bonchev–Trinajstić information content (AvgIpc) is 3.03. The minimum atomic E-state index is -0.446. The third-order valence-electron chi connectivity index (χ3n) is 5.57. The molecule has 2 aliphatic heterocycles. The Morgan fingerprint density at radius 1 is 1.00 bits per heavy atom. The summed E-state index contributed by atoms with van der Waals surface area (Å²) in [7, 11) is 1.71. The minimum absolute atomic E-state index is 0.00439. The highest BCUT2D eigenvalue weighted by Gasteiger charge is 2.47. The largest absolute Gasteiger partial charge is 0.356 e. The van der Waals surface area contributed by atoms with Crippen LogP contribution in [0.25, 0.3) is 10.9 Å². The molecule has 0 radical (unpaired) electrons. The first-order valence-electron chi connectivity index (χ1n) is 8.85. The number of carbonyl (C=O) groups is 2. The highest BCUT2D eigenvalue weighted by Crippen LogP contribution is 2.42. The lowest BCUT2D eigenvalue weighted by molar-refractivity contribution is -0.157. The molecule has 1 saturated heterocycles. The van der Waals surface area contributed by atoms with Crippen LogP contribution in [0.15, 0.2) is 54.6 Å². The standard InChI is InChI=1S/C21H19N3O2/c1-23-12-18(25)24-17(21(23)26)11-15-14-9-5-6-10-16(14)22-19(15)20(24)13-7-3-2-4-8-13/h2-10,17,20,22H,11-12H2,1H3/t17-,20?/m1/s1. The molecular weight excluding hydrogens is 326 g/mol. The van der Waals surface area contributed by atoms with E-state index in [-0.39, 0.29) is 24.4 Å². The summed E-state index contributed by atoms with van der Waals surface area (Å²) >= 11 is 0. The third-order valence-corrected chi connectivity index (χ3v) is 5.57. The van der Waals surface area contributed by atoms with Crippen molar-refractivity contribution in [1.29, 1.82) is 0 Å². The lowest BCUT2D eigenvalue weighted by atomic mass is 9.86.